The van der Waals surface area contributed by atoms with E-state index in [4.69, 9.17) is 35.4 Å². The van der Waals surface area contributed by atoms with Crippen LogP contribution in [0, 0.1) is 4.77 Å². The number of H-pyrrole nitrogens is 1. The molecular weight excluding hydrogens is 277 g/mol. The smallest absolute Gasteiger partial charge is 0.195 e. The average molecular weight is 288 g/mol. The van der Waals surface area contributed by atoms with Gasteiger partial charge in [-0.3, -0.25) is 9.67 Å². The van der Waals surface area contributed by atoms with E-state index in [1.807, 2.05) is 24.5 Å². The van der Waals surface area contributed by atoms with Gasteiger partial charge in [0, 0.05) is 11.6 Å². The van der Waals surface area contributed by atoms with E-state index < -0.39 is 0 Å². The van der Waals surface area contributed by atoms with Gasteiger partial charge >= 0.3 is 0 Å². The number of aromatic amines is 1. The molecule has 17 heavy (non-hydrogen) atoms. The number of benzene rings is 1. The molecule has 3 nitrogen and oxygen atoms in total. The van der Waals surface area contributed by atoms with Crippen LogP contribution in [-0.4, -0.2) is 14.8 Å². The van der Waals surface area contributed by atoms with Crippen LogP contribution in [0.3, 0.4) is 0 Å². The Hall–Kier alpha value is -0.840. The zero-order valence-corrected chi connectivity index (χ0v) is 11.7. The number of hydrogen-bond donors (Lipinski definition) is 1. The third kappa shape index (κ3) is 2.39. The summed E-state index contributed by atoms with van der Waals surface area (Å²) < 4.78 is 2.54. The van der Waals surface area contributed by atoms with Crippen molar-refractivity contribution in [2.24, 2.45) is 0 Å². The number of halogens is 2. The second-order valence-electron chi connectivity index (χ2n) is 3.95. The largest absolute Gasteiger partial charge is 0.298 e. The molecular formula is C11H11Cl2N3S. The fraction of sp³-hybridized carbons (Fsp3) is 0.273. The minimum atomic E-state index is 0.228. The van der Waals surface area contributed by atoms with Gasteiger partial charge in [0.2, 0.25) is 0 Å². The van der Waals surface area contributed by atoms with E-state index >= 15 is 0 Å². The molecule has 1 aromatic carbocycles. The standard InChI is InChI=1S/C11H11Cl2N3S/c1-6(2)16-10(14-15-11(16)17)7-3-4-8(12)9(13)5-7/h3-6H,1-2H3,(H,15,17). The van der Waals surface area contributed by atoms with Gasteiger partial charge in [-0.15, -0.1) is 0 Å². The van der Waals surface area contributed by atoms with Crippen LogP contribution in [0.1, 0.15) is 19.9 Å². The van der Waals surface area contributed by atoms with Crippen molar-refractivity contribution in [3.63, 3.8) is 0 Å². The molecule has 0 saturated heterocycles. The Morgan fingerprint density at radius 1 is 1.29 bits per heavy atom. The number of hydrogen-bond acceptors (Lipinski definition) is 2. The van der Waals surface area contributed by atoms with Crippen LogP contribution >= 0.6 is 35.4 Å². The molecule has 1 N–H and O–H groups in total. The van der Waals surface area contributed by atoms with Gasteiger partial charge in [-0.25, -0.2) is 0 Å². The molecule has 0 fully saturated rings. The fourth-order valence-electron chi connectivity index (χ4n) is 1.62. The minimum absolute atomic E-state index is 0.228. The first-order chi connectivity index (χ1) is 8.00. The van der Waals surface area contributed by atoms with E-state index in [2.05, 4.69) is 10.2 Å². The summed E-state index contributed by atoms with van der Waals surface area (Å²) in [4.78, 5) is 0. The Morgan fingerprint density at radius 3 is 2.59 bits per heavy atom. The van der Waals surface area contributed by atoms with Crippen LogP contribution in [-0.2, 0) is 0 Å². The molecule has 0 aliphatic rings. The monoisotopic (exact) mass is 287 g/mol. The second kappa shape index (κ2) is 4.80. The fourth-order valence-corrected chi connectivity index (χ4v) is 2.26. The van der Waals surface area contributed by atoms with Crippen molar-refractivity contribution in [3.05, 3.63) is 33.0 Å². The lowest BCUT2D eigenvalue weighted by atomic mass is 10.2. The minimum Gasteiger partial charge on any atom is -0.298 e. The summed E-state index contributed by atoms with van der Waals surface area (Å²) >= 11 is 17.1. The Bertz CT molecular complexity index is 601. The van der Waals surface area contributed by atoms with Crippen LogP contribution in [0.25, 0.3) is 11.4 Å². The summed E-state index contributed by atoms with van der Waals surface area (Å²) in [5.41, 5.74) is 0.889. The predicted molar refractivity (Wildman–Crippen MR) is 73.3 cm³/mol. The van der Waals surface area contributed by atoms with Gasteiger partial charge in [-0.05, 0) is 44.3 Å². The van der Waals surface area contributed by atoms with E-state index in [9.17, 15) is 0 Å². The van der Waals surface area contributed by atoms with Crippen LogP contribution in [0.5, 0.6) is 0 Å². The van der Waals surface area contributed by atoms with E-state index in [1.165, 1.54) is 0 Å². The highest BCUT2D eigenvalue weighted by Gasteiger charge is 2.12. The quantitative estimate of drug-likeness (QED) is 0.826. The van der Waals surface area contributed by atoms with Crippen molar-refractivity contribution in [2.75, 3.05) is 0 Å². The van der Waals surface area contributed by atoms with Crippen LogP contribution in [0.15, 0.2) is 18.2 Å². The molecule has 6 heteroatoms. The van der Waals surface area contributed by atoms with E-state index in [-0.39, 0.29) is 6.04 Å². The molecule has 0 bridgehead atoms. The van der Waals surface area contributed by atoms with Crippen molar-refractivity contribution in [3.8, 4) is 11.4 Å². The summed E-state index contributed by atoms with van der Waals surface area (Å²) in [6, 6.07) is 5.64. The van der Waals surface area contributed by atoms with Gasteiger partial charge in [0.25, 0.3) is 0 Å². The molecule has 1 heterocycles. The van der Waals surface area contributed by atoms with Gasteiger partial charge in [-0.1, -0.05) is 23.2 Å². The number of nitrogens with one attached hydrogen (secondary N) is 1. The normalized spacial score (nSPS) is 11.1. The van der Waals surface area contributed by atoms with Gasteiger partial charge in [-0.2, -0.15) is 5.10 Å². The highest BCUT2D eigenvalue weighted by Crippen LogP contribution is 2.28. The molecule has 0 aliphatic heterocycles. The lowest BCUT2D eigenvalue weighted by Crippen LogP contribution is -2.03. The van der Waals surface area contributed by atoms with Crippen LogP contribution in [0.2, 0.25) is 10.0 Å². The third-order valence-corrected chi connectivity index (χ3v) is 3.43. The summed E-state index contributed by atoms with van der Waals surface area (Å²) in [7, 11) is 0. The molecule has 0 saturated carbocycles. The molecule has 90 valence electrons. The highest BCUT2D eigenvalue weighted by molar-refractivity contribution is 7.71. The molecule has 1 aromatic heterocycles. The molecule has 2 rings (SSSR count). The van der Waals surface area contributed by atoms with Gasteiger partial charge in [0.15, 0.2) is 10.6 Å². The molecule has 0 aliphatic carbocycles. The van der Waals surface area contributed by atoms with Crippen molar-refractivity contribution in [1.82, 2.24) is 14.8 Å². The van der Waals surface area contributed by atoms with E-state index in [1.54, 1.807) is 12.1 Å². The molecule has 0 spiro atoms. The first kappa shape index (κ1) is 12.6. The first-order valence-corrected chi connectivity index (χ1v) is 6.29. The molecule has 0 unspecified atom stereocenters. The number of rotatable bonds is 2. The first-order valence-electron chi connectivity index (χ1n) is 5.13. The SMILES string of the molecule is CC(C)n1c(-c2ccc(Cl)c(Cl)c2)n[nH]c1=S. The molecule has 0 atom stereocenters. The van der Waals surface area contributed by atoms with Crippen molar-refractivity contribution in [2.45, 2.75) is 19.9 Å². The van der Waals surface area contributed by atoms with E-state index in [0.717, 1.165) is 11.4 Å². The maximum atomic E-state index is 6.00. The molecule has 0 amide bonds. The molecule has 0 radical (unpaired) electrons. The Kier molecular flexibility index (Phi) is 3.56. The van der Waals surface area contributed by atoms with Crippen molar-refractivity contribution >= 4 is 35.4 Å². The van der Waals surface area contributed by atoms with E-state index in [0.29, 0.717) is 14.8 Å². The zero-order chi connectivity index (χ0) is 12.6. The van der Waals surface area contributed by atoms with Crippen molar-refractivity contribution in [1.29, 1.82) is 0 Å². The molecule has 2 aromatic rings. The number of nitrogens with zero attached hydrogens (tertiary/aromatic N) is 2. The predicted octanol–water partition coefficient (Wildman–Crippen LogP) is 4.50. The second-order valence-corrected chi connectivity index (χ2v) is 5.15. The topological polar surface area (TPSA) is 33.6 Å². The zero-order valence-electron chi connectivity index (χ0n) is 9.37. The highest BCUT2D eigenvalue weighted by atomic mass is 35.5. The Labute approximate surface area is 114 Å². The summed E-state index contributed by atoms with van der Waals surface area (Å²) in [5, 5.41) is 8.05. The maximum Gasteiger partial charge on any atom is 0.195 e. The van der Waals surface area contributed by atoms with Gasteiger partial charge in [0.1, 0.15) is 0 Å². The average Bonchev–Trinajstić information content (AvgIpc) is 2.64. The maximum absolute atomic E-state index is 6.00. The lowest BCUT2D eigenvalue weighted by Gasteiger charge is -2.10. The van der Waals surface area contributed by atoms with Crippen LogP contribution < -0.4 is 0 Å². The summed E-state index contributed by atoms with van der Waals surface area (Å²) in [6.45, 7) is 4.10. The summed E-state index contributed by atoms with van der Waals surface area (Å²) in [6.07, 6.45) is 0. The van der Waals surface area contributed by atoms with Crippen molar-refractivity contribution < 1.29 is 0 Å². The van der Waals surface area contributed by atoms with Crippen LogP contribution in [0.4, 0.5) is 0 Å². The van der Waals surface area contributed by atoms with Gasteiger partial charge < -0.3 is 0 Å². The Balaban J connectivity index is 2.61. The Morgan fingerprint density at radius 2 is 2.00 bits per heavy atom. The lowest BCUT2D eigenvalue weighted by molar-refractivity contribution is 0.597. The van der Waals surface area contributed by atoms with Gasteiger partial charge in [0.05, 0.1) is 10.0 Å². The summed E-state index contributed by atoms with van der Waals surface area (Å²) in [5.74, 6) is 0.767. The third-order valence-electron chi connectivity index (χ3n) is 2.40. The number of aromatic nitrogens is 3.